The van der Waals surface area contributed by atoms with Crippen LogP contribution in [0.3, 0.4) is 0 Å². The molecule has 7 nitrogen and oxygen atoms in total. The number of aromatic nitrogens is 4. The first-order valence-electron chi connectivity index (χ1n) is 8.61. The van der Waals surface area contributed by atoms with Crippen molar-refractivity contribution in [3.63, 3.8) is 0 Å². The van der Waals surface area contributed by atoms with E-state index in [1.807, 2.05) is 49.5 Å². The SMILES string of the molecule is C[C@@H](CCNc1ncnc2[nH]ccc12)NC(=O)c1cc2ccccc2[nH]1. The molecule has 0 fully saturated rings. The highest BCUT2D eigenvalue weighted by atomic mass is 16.1. The molecule has 7 heteroatoms. The zero-order valence-corrected chi connectivity index (χ0v) is 14.4. The lowest BCUT2D eigenvalue weighted by Gasteiger charge is -2.14. The van der Waals surface area contributed by atoms with E-state index in [1.165, 1.54) is 6.33 Å². The number of hydrogen-bond donors (Lipinski definition) is 4. The number of para-hydroxylation sites is 1. The van der Waals surface area contributed by atoms with Crippen molar-refractivity contribution >= 4 is 33.7 Å². The van der Waals surface area contributed by atoms with Gasteiger partial charge in [0.1, 0.15) is 23.5 Å². The highest BCUT2D eigenvalue weighted by molar-refractivity contribution is 5.98. The number of H-pyrrole nitrogens is 2. The van der Waals surface area contributed by atoms with Crippen molar-refractivity contribution < 1.29 is 4.79 Å². The van der Waals surface area contributed by atoms with Crippen LogP contribution >= 0.6 is 0 Å². The lowest BCUT2D eigenvalue weighted by molar-refractivity contribution is 0.0935. The van der Waals surface area contributed by atoms with Crippen LogP contribution in [-0.4, -0.2) is 38.4 Å². The fourth-order valence-electron chi connectivity index (χ4n) is 2.99. The van der Waals surface area contributed by atoms with E-state index in [1.54, 1.807) is 0 Å². The van der Waals surface area contributed by atoms with Gasteiger partial charge >= 0.3 is 0 Å². The lowest BCUT2D eigenvalue weighted by atomic mass is 10.2. The molecule has 0 aliphatic heterocycles. The summed E-state index contributed by atoms with van der Waals surface area (Å²) in [6.07, 6.45) is 4.15. The van der Waals surface area contributed by atoms with Gasteiger partial charge in [0.15, 0.2) is 0 Å². The minimum atomic E-state index is -0.0937. The number of nitrogens with one attached hydrogen (secondary N) is 4. The largest absolute Gasteiger partial charge is 0.369 e. The Bertz CT molecular complexity index is 1020. The van der Waals surface area contributed by atoms with E-state index < -0.39 is 0 Å². The third kappa shape index (κ3) is 3.23. The van der Waals surface area contributed by atoms with Gasteiger partial charge in [0, 0.05) is 29.7 Å². The molecular weight excluding hydrogens is 328 g/mol. The Labute approximate surface area is 150 Å². The van der Waals surface area contributed by atoms with Gasteiger partial charge < -0.3 is 20.6 Å². The van der Waals surface area contributed by atoms with Gasteiger partial charge in [-0.2, -0.15) is 0 Å². The highest BCUT2D eigenvalue weighted by Gasteiger charge is 2.12. The zero-order valence-electron chi connectivity index (χ0n) is 14.4. The van der Waals surface area contributed by atoms with Gasteiger partial charge in [0.05, 0.1) is 5.39 Å². The Kier molecular flexibility index (Phi) is 4.27. The predicted molar refractivity (Wildman–Crippen MR) is 102 cm³/mol. The van der Waals surface area contributed by atoms with Crippen molar-refractivity contribution in [1.29, 1.82) is 0 Å². The molecule has 1 aromatic carbocycles. The number of rotatable bonds is 6. The number of nitrogens with zero attached hydrogens (tertiary/aromatic N) is 2. The van der Waals surface area contributed by atoms with Crippen LogP contribution in [0.15, 0.2) is 48.9 Å². The van der Waals surface area contributed by atoms with E-state index in [4.69, 9.17) is 0 Å². The monoisotopic (exact) mass is 348 g/mol. The third-order valence-corrected chi connectivity index (χ3v) is 4.38. The number of carbonyl (C=O) groups is 1. The van der Waals surface area contributed by atoms with Gasteiger partial charge in [-0.25, -0.2) is 9.97 Å². The molecule has 0 bridgehead atoms. The smallest absolute Gasteiger partial charge is 0.267 e. The average Bonchev–Trinajstić information content (AvgIpc) is 3.28. The fraction of sp³-hybridized carbons (Fsp3) is 0.211. The fourth-order valence-corrected chi connectivity index (χ4v) is 2.99. The normalized spacial score (nSPS) is 12.3. The summed E-state index contributed by atoms with van der Waals surface area (Å²) in [5.41, 5.74) is 2.35. The second-order valence-corrected chi connectivity index (χ2v) is 6.32. The lowest BCUT2D eigenvalue weighted by Crippen LogP contribution is -2.34. The van der Waals surface area contributed by atoms with Crippen LogP contribution in [-0.2, 0) is 0 Å². The molecule has 0 aliphatic carbocycles. The molecule has 0 saturated heterocycles. The van der Waals surface area contributed by atoms with E-state index in [0.29, 0.717) is 12.2 Å². The van der Waals surface area contributed by atoms with E-state index in [-0.39, 0.29) is 11.9 Å². The average molecular weight is 348 g/mol. The maximum atomic E-state index is 12.4. The Morgan fingerprint density at radius 1 is 1.23 bits per heavy atom. The van der Waals surface area contributed by atoms with Gasteiger partial charge in [0.2, 0.25) is 0 Å². The second kappa shape index (κ2) is 6.87. The maximum Gasteiger partial charge on any atom is 0.267 e. The van der Waals surface area contributed by atoms with Crippen molar-refractivity contribution in [1.82, 2.24) is 25.3 Å². The third-order valence-electron chi connectivity index (χ3n) is 4.38. The molecule has 26 heavy (non-hydrogen) atoms. The van der Waals surface area contributed by atoms with Crippen molar-refractivity contribution in [2.45, 2.75) is 19.4 Å². The minimum absolute atomic E-state index is 0.0324. The molecule has 4 aromatic rings. The summed E-state index contributed by atoms with van der Waals surface area (Å²) in [6, 6.07) is 11.7. The van der Waals surface area contributed by atoms with Gasteiger partial charge in [0.25, 0.3) is 5.91 Å². The standard InChI is InChI=1S/C19H20N6O/c1-12(6-8-20-17-14-7-9-21-18(14)23-11-22-17)24-19(26)16-10-13-4-2-3-5-15(13)25-16/h2-5,7,9-12,25H,6,8H2,1H3,(H,24,26)(H2,20,21,22,23)/t12-/m0/s1. The summed E-state index contributed by atoms with van der Waals surface area (Å²) >= 11 is 0. The molecule has 4 N–H and O–H groups in total. The minimum Gasteiger partial charge on any atom is -0.369 e. The first kappa shape index (κ1) is 16.1. The molecule has 3 aromatic heterocycles. The molecule has 0 radical (unpaired) electrons. The van der Waals surface area contributed by atoms with Crippen molar-refractivity contribution in [3.8, 4) is 0 Å². The topological polar surface area (TPSA) is 98.5 Å². The van der Waals surface area contributed by atoms with Crippen molar-refractivity contribution in [2.24, 2.45) is 0 Å². The Morgan fingerprint density at radius 3 is 3.00 bits per heavy atom. The summed E-state index contributed by atoms with van der Waals surface area (Å²) in [5.74, 6) is 0.703. The molecule has 3 heterocycles. The molecule has 0 saturated carbocycles. The summed E-state index contributed by atoms with van der Waals surface area (Å²) in [5, 5.41) is 8.33. The first-order chi connectivity index (χ1) is 12.7. The van der Waals surface area contributed by atoms with E-state index >= 15 is 0 Å². The summed E-state index contributed by atoms with van der Waals surface area (Å²) in [4.78, 5) is 27.1. The van der Waals surface area contributed by atoms with Crippen molar-refractivity contribution in [2.75, 3.05) is 11.9 Å². The second-order valence-electron chi connectivity index (χ2n) is 6.32. The molecule has 0 unspecified atom stereocenters. The number of aromatic amines is 2. The van der Waals surface area contributed by atoms with Crippen LogP contribution in [0.2, 0.25) is 0 Å². The van der Waals surface area contributed by atoms with Crippen molar-refractivity contribution in [3.05, 3.63) is 54.6 Å². The number of benzene rings is 1. The van der Waals surface area contributed by atoms with Crippen LogP contribution in [0.25, 0.3) is 21.9 Å². The Hall–Kier alpha value is -3.35. The number of fused-ring (bicyclic) bond motifs is 2. The van der Waals surface area contributed by atoms with Gasteiger partial charge in [-0.15, -0.1) is 0 Å². The Morgan fingerprint density at radius 2 is 2.12 bits per heavy atom. The molecular formula is C19H20N6O. The molecule has 4 rings (SSSR count). The highest BCUT2D eigenvalue weighted by Crippen LogP contribution is 2.17. The summed E-state index contributed by atoms with van der Waals surface area (Å²) < 4.78 is 0. The van der Waals surface area contributed by atoms with E-state index in [9.17, 15) is 4.79 Å². The Balaban J connectivity index is 1.33. The number of anilines is 1. The van der Waals surface area contributed by atoms with Crippen LogP contribution < -0.4 is 10.6 Å². The predicted octanol–water partition coefficient (Wildman–Crippen LogP) is 3.06. The number of amides is 1. The molecule has 1 amide bonds. The van der Waals surface area contributed by atoms with E-state index in [0.717, 1.165) is 34.2 Å². The number of hydrogen-bond acceptors (Lipinski definition) is 4. The molecule has 0 aliphatic rings. The zero-order chi connectivity index (χ0) is 17.9. The van der Waals surface area contributed by atoms with Gasteiger partial charge in [-0.1, -0.05) is 18.2 Å². The van der Waals surface area contributed by atoms with Crippen LogP contribution in [0, 0.1) is 0 Å². The summed E-state index contributed by atoms with van der Waals surface area (Å²) in [7, 11) is 0. The van der Waals surface area contributed by atoms with Crippen LogP contribution in [0.1, 0.15) is 23.8 Å². The van der Waals surface area contributed by atoms with Crippen LogP contribution in [0.5, 0.6) is 0 Å². The van der Waals surface area contributed by atoms with E-state index in [2.05, 4.69) is 30.6 Å². The molecule has 132 valence electrons. The number of carbonyl (C=O) groups excluding carboxylic acids is 1. The summed E-state index contributed by atoms with van der Waals surface area (Å²) in [6.45, 7) is 2.69. The molecule has 0 spiro atoms. The van der Waals surface area contributed by atoms with Crippen LogP contribution in [0.4, 0.5) is 5.82 Å². The molecule has 1 atom stereocenters. The van der Waals surface area contributed by atoms with Gasteiger partial charge in [-0.3, -0.25) is 4.79 Å². The maximum absolute atomic E-state index is 12.4. The van der Waals surface area contributed by atoms with Gasteiger partial charge in [-0.05, 0) is 31.5 Å². The quantitative estimate of drug-likeness (QED) is 0.430. The first-order valence-corrected chi connectivity index (χ1v) is 8.61.